The first-order valence-corrected chi connectivity index (χ1v) is 11.6. The molecule has 1 aromatic heterocycles. The maximum Gasteiger partial charge on any atom is 0.235 e. The zero-order chi connectivity index (χ0) is 22.3. The number of imide groups is 1. The molecule has 2 aromatic rings. The quantitative estimate of drug-likeness (QED) is 0.695. The largest absolute Gasteiger partial charge is 0.369 e. The van der Waals surface area contributed by atoms with Crippen LogP contribution in [-0.4, -0.2) is 78.0 Å². The molecule has 3 aliphatic rings. The monoisotopic (exact) mass is 442 g/mol. The van der Waals surface area contributed by atoms with Crippen molar-refractivity contribution in [2.24, 2.45) is 7.05 Å². The number of piperidine rings is 2. The fourth-order valence-corrected chi connectivity index (χ4v) is 5.28. The summed E-state index contributed by atoms with van der Waals surface area (Å²) < 4.78 is 16.9. The minimum atomic E-state index is -1.06. The molecule has 1 aromatic carbocycles. The molecule has 0 aliphatic carbocycles. The second-order valence-electron chi connectivity index (χ2n) is 9.38. The first kappa shape index (κ1) is 21.3. The number of rotatable bonds is 4. The third-order valence-electron chi connectivity index (χ3n) is 7.18. The lowest BCUT2D eigenvalue weighted by Gasteiger charge is -2.40. The Labute approximate surface area is 187 Å². The molecule has 0 radical (unpaired) electrons. The Hall–Kier alpha value is -2.52. The van der Waals surface area contributed by atoms with Gasteiger partial charge in [-0.3, -0.25) is 24.5 Å². The predicted octanol–water partition coefficient (Wildman–Crippen LogP) is 1.31. The zero-order valence-corrected chi connectivity index (χ0v) is 18.6. The molecule has 3 fully saturated rings. The predicted molar refractivity (Wildman–Crippen MR) is 120 cm³/mol. The van der Waals surface area contributed by atoms with Gasteiger partial charge in [0.05, 0.1) is 17.1 Å². The van der Waals surface area contributed by atoms with E-state index in [1.165, 1.54) is 0 Å². The summed E-state index contributed by atoms with van der Waals surface area (Å²) in [5.41, 5.74) is 1.76. The molecule has 0 bridgehead atoms. The molecule has 172 valence electrons. The molecule has 2 amide bonds. The second-order valence-corrected chi connectivity index (χ2v) is 9.38. The zero-order valence-electron chi connectivity index (χ0n) is 18.6. The third-order valence-corrected chi connectivity index (χ3v) is 7.18. The van der Waals surface area contributed by atoms with E-state index in [9.17, 15) is 9.59 Å². The molecule has 8 nitrogen and oxygen atoms in total. The van der Waals surface area contributed by atoms with E-state index in [2.05, 4.69) is 37.7 Å². The van der Waals surface area contributed by atoms with Gasteiger partial charge in [-0.2, -0.15) is 5.10 Å². The number of carbonyl (C=O) groups is 2. The Kier molecular flexibility index (Phi) is 5.63. The van der Waals surface area contributed by atoms with E-state index in [0.29, 0.717) is 32.2 Å². The summed E-state index contributed by atoms with van der Waals surface area (Å²) in [4.78, 5) is 28.4. The van der Waals surface area contributed by atoms with Crippen molar-refractivity contribution < 1.29 is 14.0 Å². The van der Waals surface area contributed by atoms with Crippen LogP contribution in [0.3, 0.4) is 0 Å². The smallest absolute Gasteiger partial charge is 0.235 e. The summed E-state index contributed by atoms with van der Waals surface area (Å²) in [6.45, 7) is 5.48. The first-order chi connectivity index (χ1) is 15.4. The number of benzene rings is 1. The Morgan fingerprint density at radius 3 is 2.62 bits per heavy atom. The molecule has 0 spiro atoms. The van der Waals surface area contributed by atoms with E-state index < -0.39 is 11.6 Å². The van der Waals surface area contributed by atoms with Gasteiger partial charge in [0.1, 0.15) is 5.67 Å². The Bertz CT molecular complexity index is 1020. The van der Waals surface area contributed by atoms with Gasteiger partial charge >= 0.3 is 0 Å². The molecule has 4 heterocycles. The lowest BCUT2D eigenvalue weighted by Crippen LogP contribution is -2.53. The van der Waals surface area contributed by atoms with Crippen LogP contribution in [-0.2, 0) is 16.6 Å². The highest BCUT2D eigenvalue weighted by atomic mass is 19.1. The summed E-state index contributed by atoms with van der Waals surface area (Å²) in [5.74, 6) is -0.874. The molecule has 9 heteroatoms. The Morgan fingerprint density at radius 2 is 1.91 bits per heavy atom. The van der Waals surface area contributed by atoms with E-state index >= 15 is 4.39 Å². The first-order valence-electron chi connectivity index (χ1n) is 11.6. The second kappa shape index (κ2) is 8.44. The van der Waals surface area contributed by atoms with Crippen LogP contribution in [0.15, 0.2) is 18.2 Å². The molecule has 0 saturated carbocycles. The molecule has 32 heavy (non-hydrogen) atoms. The van der Waals surface area contributed by atoms with E-state index in [1.54, 1.807) is 0 Å². The van der Waals surface area contributed by atoms with Crippen LogP contribution in [0.4, 0.5) is 10.1 Å². The van der Waals surface area contributed by atoms with Crippen molar-refractivity contribution in [3.05, 3.63) is 23.9 Å². The summed E-state index contributed by atoms with van der Waals surface area (Å²) in [7, 11) is 1.89. The number of halogens is 1. The summed E-state index contributed by atoms with van der Waals surface area (Å²) in [5, 5.41) is 11.3. The SMILES string of the molecule is Cn1nc(C2CCC(=O)NC2=O)c2ccc(N3CCN(CC4(F)CCNCC4)CC3)cc21. The number of amides is 2. The average Bonchev–Trinajstić information content (AvgIpc) is 3.10. The van der Waals surface area contributed by atoms with Gasteiger partial charge in [-0.15, -0.1) is 0 Å². The molecule has 1 unspecified atom stereocenters. The standard InChI is InChI=1S/C23H31FN6O2/c1-28-19-14-16(2-3-17(19)21(27-28)18-4-5-20(31)26-22(18)32)30-12-10-29(11-13-30)15-23(24)6-8-25-9-7-23/h2-3,14,18,25H,4-13,15H2,1H3,(H,26,31,32). The van der Waals surface area contributed by atoms with E-state index in [-0.39, 0.29) is 11.8 Å². The third kappa shape index (κ3) is 4.11. The number of alkyl halides is 1. The number of nitrogens with one attached hydrogen (secondary N) is 2. The highest BCUT2D eigenvalue weighted by Gasteiger charge is 2.35. The number of carbonyl (C=O) groups excluding carboxylic acids is 2. The van der Waals surface area contributed by atoms with Crippen molar-refractivity contribution in [2.75, 3.05) is 50.7 Å². The van der Waals surface area contributed by atoms with Gasteiger partial charge in [0.2, 0.25) is 11.8 Å². The number of anilines is 1. The molecule has 3 aliphatic heterocycles. The normalized spacial score (nSPS) is 24.7. The van der Waals surface area contributed by atoms with Crippen LogP contribution in [0.2, 0.25) is 0 Å². The molecule has 5 rings (SSSR count). The average molecular weight is 443 g/mol. The maximum atomic E-state index is 15.0. The highest BCUT2D eigenvalue weighted by molar-refractivity contribution is 6.02. The number of hydrogen-bond acceptors (Lipinski definition) is 6. The van der Waals surface area contributed by atoms with Crippen LogP contribution >= 0.6 is 0 Å². The van der Waals surface area contributed by atoms with E-state index in [0.717, 1.165) is 61.6 Å². The van der Waals surface area contributed by atoms with Gasteiger partial charge in [-0.05, 0) is 50.6 Å². The molecule has 2 N–H and O–H groups in total. The van der Waals surface area contributed by atoms with Crippen molar-refractivity contribution >= 4 is 28.4 Å². The number of aromatic nitrogens is 2. The maximum absolute atomic E-state index is 15.0. The molecular weight excluding hydrogens is 411 g/mol. The van der Waals surface area contributed by atoms with Gasteiger partial charge in [0.25, 0.3) is 0 Å². The van der Waals surface area contributed by atoms with Gasteiger partial charge in [-0.25, -0.2) is 4.39 Å². The van der Waals surface area contributed by atoms with Crippen molar-refractivity contribution in [2.45, 2.75) is 37.3 Å². The van der Waals surface area contributed by atoms with Gasteiger partial charge in [0.15, 0.2) is 0 Å². The lowest BCUT2D eigenvalue weighted by molar-refractivity contribution is -0.134. The molecule has 3 saturated heterocycles. The number of fused-ring (bicyclic) bond motifs is 1. The van der Waals surface area contributed by atoms with Crippen LogP contribution in [0.1, 0.15) is 37.3 Å². The Balaban J connectivity index is 1.28. The van der Waals surface area contributed by atoms with E-state index in [4.69, 9.17) is 0 Å². The van der Waals surface area contributed by atoms with Crippen molar-refractivity contribution in [1.82, 2.24) is 25.3 Å². The minimum Gasteiger partial charge on any atom is -0.369 e. The fraction of sp³-hybridized carbons (Fsp3) is 0.609. The lowest BCUT2D eigenvalue weighted by atomic mass is 9.92. The topological polar surface area (TPSA) is 82.5 Å². The highest BCUT2D eigenvalue weighted by Crippen LogP contribution is 2.32. The van der Waals surface area contributed by atoms with Crippen LogP contribution in [0.25, 0.3) is 10.9 Å². The van der Waals surface area contributed by atoms with E-state index in [1.807, 2.05) is 17.8 Å². The van der Waals surface area contributed by atoms with Gasteiger partial charge < -0.3 is 10.2 Å². The van der Waals surface area contributed by atoms with Crippen molar-refractivity contribution in [1.29, 1.82) is 0 Å². The molecular formula is C23H31FN6O2. The molecule has 1 atom stereocenters. The van der Waals surface area contributed by atoms with Crippen LogP contribution in [0, 0.1) is 0 Å². The number of piperazine rings is 1. The van der Waals surface area contributed by atoms with Gasteiger partial charge in [0, 0.05) is 57.3 Å². The fourth-order valence-electron chi connectivity index (χ4n) is 5.28. The van der Waals surface area contributed by atoms with Crippen molar-refractivity contribution in [3.63, 3.8) is 0 Å². The van der Waals surface area contributed by atoms with Crippen molar-refractivity contribution in [3.8, 4) is 0 Å². The number of nitrogens with zero attached hydrogens (tertiary/aromatic N) is 4. The van der Waals surface area contributed by atoms with Crippen LogP contribution < -0.4 is 15.5 Å². The number of aryl methyl sites for hydroxylation is 1. The summed E-state index contributed by atoms with van der Waals surface area (Å²) >= 11 is 0. The van der Waals surface area contributed by atoms with Crippen LogP contribution in [0.5, 0.6) is 0 Å². The summed E-state index contributed by atoms with van der Waals surface area (Å²) in [6, 6.07) is 6.24. The Morgan fingerprint density at radius 1 is 1.16 bits per heavy atom. The minimum absolute atomic E-state index is 0.216. The summed E-state index contributed by atoms with van der Waals surface area (Å²) in [6.07, 6.45) is 2.03. The van der Waals surface area contributed by atoms with Gasteiger partial charge in [-0.1, -0.05) is 0 Å². The number of hydrogen-bond donors (Lipinski definition) is 2.